The van der Waals surface area contributed by atoms with Crippen LogP contribution in [0.1, 0.15) is 10.5 Å². The summed E-state index contributed by atoms with van der Waals surface area (Å²) in [7, 11) is 3.63. The van der Waals surface area contributed by atoms with Crippen molar-refractivity contribution in [3.63, 3.8) is 0 Å². The minimum atomic E-state index is -0.246. The van der Waals surface area contributed by atoms with Crippen LogP contribution in [0.4, 0.5) is 5.69 Å². The third-order valence-corrected chi connectivity index (χ3v) is 3.54. The maximum atomic E-state index is 12.0. The van der Waals surface area contributed by atoms with E-state index in [9.17, 15) is 4.79 Å². The van der Waals surface area contributed by atoms with Gasteiger partial charge in [-0.2, -0.15) is 10.2 Å². The van der Waals surface area contributed by atoms with Crippen molar-refractivity contribution in [3.8, 4) is 10.6 Å². The fourth-order valence-electron chi connectivity index (χ4n) is 1.72. The predicted octanol–water partition coefficient (Wildman–Crippen LogP) is 1.53. The zero-order valence-corrected chi connectivity index (χ0v) is 11.8. The number of nitrogens with zero attached hydrogens (tertiary/aromatic N) is 5. The van der Waals surface area contributed by atoms with Gasteiger partial charge in [-0.25, -0.2) is 4.98 Å². The quantitative estimate of drug-likeness (QED) is 0.793. The van der Waals surface area contributed by atoms with Gasteiger partial charge >= 0.3 is 0 Å². The number of amides is 1. The molecule has 0 aliphatic heterocycles. The highest BCUT2D eigenvalue weighted by Gasteiger charge is 2.13. The molecule has 0 spiro atoms. The number of anilines is 1. The molecule has 0 fully saturated rings. The van der Waals surface area contributed by atoms with Crippen LogP contribution in [0.15, 0.2) is 30.2 Å². The Kier molecular flexibility index (Phi) is 3.07. The third-order valence-electron chi connectivity index (χ3n) is 2.65. The van der Waals surface area contributed by atoms with E-state index < -0.39 is 0 Å². The Labute approximate surface area is 118 Å². The summed E-state index contributed by atoms with van der Waals surface area (Å²) in [5.74, 6) is -0.246. The summed E-state index contributed by atoms with van der Waals surface area (Å²) in [5.41, 5.74) is 1.93. The van der Waals surface area contributed by atoms with E-state index in [4.69, 9.17) is 0 Å². The van der Waals surface area contributed by atoms with Gasteiger partial charge in [0.2, 0.25) is 0 Å². The Hall–Kier alpha value is -2.48. The average Bonchev–Trinajstić information content (AvgIpc) is 3.10. The SMILES string of the molecule is Cn1cc(NC(=O)c2csc(-c3cnn(C)c3)n2)cn1. The van der Waals surface area contributed by atoms with E-state index in [2.05, 4.69) is 20.5 Å². The van der Waals surface area contributed by atoms with Crippen LogP contribution >= 0.6 is 11.3 Å². The number of thiazole rings is 1. The lowest BCUT2D eigenvalue weighted by Crippen LogP contribution is -2.11. The van der Waals surface area contributed by atoms with Gasteiger partial charge in [0.15, 0.2) is 0 Å². The summed E-state index contributed by atoms with van der Waals surface area (Å²) in [4.78, 5) is 16.4. The molecule has 0 aliphatic carbocycles. The van der Waals surface area contributed by atoms with Crippen LogP contribution < -0.4 is 5.32 Å². The maximum absolute atomic E-state index is 12.0. The molecule has 1 N–H and O–H groups in total. The molecule has 3 rings (SSSR count). The Morgan fingerprint density at radius 2 is 1.95 bits per heavy atom. The van der Waals surface area contributed by atoms with Crippen LogP contribution in [-0.4, -0.2) is 30.5 Å². The van der Waals surface area contributed by atoms with Crippen molar-refractivity contribution in [1.29, 1.82) is 0 Å². The third kappa shape index (κ3) is 2.45. The number of aromatic nitrogens is 5. The molecule has 8 heteroatoms. The lowest BCUT2D eigenvalue weighted by Gasteiger charge is -1.97. The molecule has 3 heterocycles. The van der Waals surface area contributed by atoms with Crippen LogP contribution in [0.25, 0.3) is 10.6 Å². The van der Waals surface area contributed by atoms with Gasteiger partial charge in [0.05, 0.1) is 18.1 Å². The Bertz CT molecular complexity index is 755. The van der Waals surface area contributed by atoms with Gasteiger partial charge in [-0.3, -0.25) is 14.2 Å². The summed E-state index contributed by atoms with van der Waals surface area (Å²) in [6.07, 6.45) is 6.90. The highest BCUT2D eigenvalue weighted by atomic mass is 32.1. The van der Waals surface area contributed by atoms with E-state index in [-0.39, 0.29) is 5.91 Å². The molecular formula is C12H12N6OS. The molecule has 0 bridgehead atoms. The van der Waals surface area contributed by atoms with E-state index >= 15 is 0 Å². The number of carbonyl (C=O) groups excluding carboxylic acids is 1. The molecule has 0 saturated carbocycles. The molecule has 0 unspecified atom stereocenters. The number of nitrogens with one attached hydrogen (secondary N) is 1. The average molecular weight is 288 g/mol. The van der Waals surface area contributed by atoms with E-state index in [1.807, 2.05) is 13.2 Å². The lowest BCUT2D eigenvalue weighted by atomic mass is 10.4. The van der Waals surface area contributed by atoms with Crippen LogP contribution in [0, 0.1) is 0 Å². The first-order chi connectivity index (χ1) is 9.61. The first-order valence-electron chi connectivity index (χ1n) is 5.86. The second-order valence-electron chi connectivity index (χ2n) is 4.30. The van der Waals surface area contributed by atoms with Gasteiger partial charge in [-0.05, 0) is 0 Å². The van der Waals surface area contributed by atoms with Gasteiger partial charge in [-0.1, -0.05) is 0 Å². The second-order valence-corrected chi connectivity index (χ2v) is 5.16. The van der Waals surface area contributed by atoms with E-state index in [1.54, 1.807) is 40.4 Å². The Morgan fingerprint density at radius 1 is 1.20 bits per heavy atom. The van der Waals surface area contributed by atoms with Crippen LogP contribution in [0.5, 0.6) is 0 Å². The standard InChI is InChI=1S/C12H12N6OS/c1-17-5-8(3-13-17)12-16-10(7-20-12)11(19)15-9-4-14-18(2)6-9/h3-7H,1-2H3,(H,15,19). The molecule has 3 aromatic rings. The molecule has 20 heavy (non-hydrogen) atoms. The lowest BCUT2D eigenvalue weighted by molar-refractivity contribution is 0.102. The normalized spacial score (nSPS) is 10.7. The predicted molar refractivity (Wildman–Crippen MR) is 75.5 cm³/mol. The highest BCUT2D eigenvalue weighted by molar-refractivity contribution is 7.13. The molecule has 0 aromatic carbocycles. The van der Waals surface area contributed by atoms with Gasteiger partial charge in [0.1, 0.15) is 10.7 Å². The minimum Gasteiger partial charge on any atom is -0.318 e. The Morgan fingerprint density at radius 3 is 2.60 bits per heavy atom. The molecule has 1 amide bonds. The van der Waals surface area contributed by atoms with Gasteiger partial charge in [0.25, 0.3) is 5.91 Å². The summed E-state index contributed by atoms with van der Waals surface area (Å²) in [6, 6.07) is 0. The van der Waals surface area contributed by atoms with Crippen LogP contribution in [0.3, 0.4) is 0 Å². The smallest absolute Gasteiger partial charge is 0.275 e. The molecular weight excluding hydrogens is 276 g/mol. The van der Waals surface area contributed by atoms with Crippen molar-refractivity contribution in [2.75, 3.05) is 5.32 Å². The van der Waals surface area contributed by atoms with E-state index in [1.165, 1.54) is 11.3 Å². The van der Waals surface area contributed by atoms with Crippen LogP contribution in [-0.2, 0) is 14.1 Å². The van der Waals surface area contributed by atoms with Gasteiger partial charge in [-0.15, -0.1) is 11.3 Å². The molecule has 0 saturated heterocycles. The van der Waals surface area contributed by atoms with E-state index in [0.29, 0.717) is 11.4 Å². The zero-order valence-electron chi connectivity index (χ0n) is 10.9. The van der Waals surface area contributed by atoms with Crippen molar-refractivity contribution < 1.29 is 4.79 Å². The molecule has 0 atom stereocenters. The monoisotopic (exact) mass is 288 g/mol. The van der Waals surface area contributed by atoms with Crippen molar-refractivity contribution >= 4 is 22.9 Å². The molecule has 7 nitrogen and oxygen atoms in total. The Balaban J connectivity index is 1.78. The summed E-state index contributed by atoms with van der Waals surface area (Å²) >= 11 is 1.41. The number of hydrogen-bond acceptors (Lipinski definition) is 5. The van der Waals surface area contributed by atoms with Crippen molar-refractivity contribution in [1.82, 2.24) is 24.5 Å². The van der Waals surface area contributed by atoms with Gasteiger partial charge in [0, 0.05) is 37.4 Å². The fourth-order valence-corrected chi connectivity index (χ4v) is 2.50. The summed E-state index contributed by atoms with van der Waals surface area (Å²) in [5, 5.41) is 13.3. The molecule has 0 radical (unpaired) electrons. The van der Waals surface area contributed by atoms with Crippen molar-refractivity contribution in [3.05, 3.63) is 35.9 Å². The van der Waals surface area contributed by atoms with Crippen molar-refractivity contribution in [2.24, 2.45) is 14.1 Å². The molecule has 102 valence electrons. The minimum absolute atomic E-state index is 0.246. The van der Waals surface area contributed by atoms with E-state index in [0.717, 1.165) is 10.6 Å². The van der Waals surface area contributed by atoms with Crippen LogP contribution in [0.2, 0.25) is 0 Å². The first-order valence-corrected chi connectivity index (χ1v) is 6.74. The summed E-state index contributed by atoms with van der Waals surface area (Å²) < 4.78 is 3.32. The highest BCUT2D eigenvalue weighted by Crippen LogP contribution is 2.23. The molecule has 3 aromatic heterocycles. The zero-order chi connectivity index (χ0) is 14.1. The van der Waals surface area contributed by atoms with Gasteiger partial charge < -0.3 is 5.32 Å². The first kappa shape index (κ1) is 12.5. The number of rotatable bonds is 3. The maximum Gasteiger partial charge on any atom is 0.275 e. The molecule has 0 aliphatic rings. The van der Waals surface area contributed by atoms with Crippen molar-refractivity contribution in [2.45, 2.75) is 0 Å². The number of aryl methyl sites for hydroxylation is 2. The fraction of sp³-hybridized carbons (Fsp3) is 0.167. The number of carbonyl (C=O) groups is 1. The number of hydrogen-bond donors (Lipinski definition) is 1. The second kappa shape index (κ2) is 4.89. The topological polar surface area (TPSA) is 77.6 Å². The summed E-state index contributed by atoms with van der Waals surface area (Å²) in [6.45, 7) is 0. The largest absolute Gasteiger partial charge is 0.318 e.